The van der Waals surface area contributed by atoms with E-state index in [9.17, 15) is 0 Å². The molecule has 2 heteroatoms. The average Bonchev–Trinajstić information content (AvgIpc) is 2.34. The molecule has 2 atom stereocenters. The van der Waals surface area contributed by atoms with Gasteiger partial charge in [0, 0.05) is 18.6 Å². The van der Waals surface area contributed by atoms with Gasteiger partial charge in [-0.1, -0.05) is 20.8 Å². The second-order valence-electron chi connectivity index (χ2n) is 6.43. The van der Waals surface area contributed by atoms with E-state index in [-0.39, 0.29) is 0 Å². The van der Waals surface area contributed by atoms with Crippen LogP contribution < -0.4 is 5.32 Å². The molecule has 0 aromatic carbocycles. The van der Waals surface area contributed by atoms with Gasteiger partial charge in [-0.2, -0.15) is 0 Å². The number of nitrogens with one attached hydrogen (secondary N) is 1. The Morgan fingerprint density at radius 1 is 1.13 bits per heavy atom. The Morgan fingerprint density at radius 3 is 2.60 bits per heavy atom. The molecular formula is C13H26N2. The highest BCUT2D eigenvalue weighted by Gasteiger charge is 2.34. The van der Waals surface area contributed by atoms with E-state index >= 15 is 0 Å². The van der Waals surface area contributed by atoms with E-state index in [1.165, 1.54) is 45.3 Å². The molecule has 2 rings (SSSR count). The fourth-order valence-corrected chi connectivity index (χ4v) is 2.91. The molecule has 2 nitrogen and oxygen atoms in total. The van der Waals surface area contributed by atoms with E-state index in [2.05, 4.69) is 31.0 Å². The third-order valence-corrected chi connectivity index (χ3v) is 3.93. The first kappa shape index (κ1) is 11.4. The van der Waals surface area contributed by atoms with Crippen LogP contribution in [0.3, 0.4) is 0 Å². The first-order valence-electron chi connectivity index (χ1n) is 6.53. The summed E-state index contributed by atoms with van der Waals surface area (Å²) in [6, 6.07) is 1.71. The standard InChI is InChI=1S/C13H26N2/c1-13(2,3)7-9-15-11-4-5-12(15)10-14-8-6-11/h11-12,14H,4-10H2,1-3H3. The van der Waals surface area contributed by atoms with Crippen molar-refractivity contribution in [2.24, 2.45) is 5.41 Å². The van der Waals surface area contributed by atoms with Gasteiger partial charge < -0.3 is 5.32 Å². The Balaban J connectivity index is 1.90. The summed E-state index contributed by atoms with van der Waals surface area (Å²) in [5.74, 6) is 0. The normalized spacial score (nSPS) is 33.0. The molecular weight excluding hydrogens is 184 g/mol. The molecule has 0 aliphatic carbocycles. The fourth-order valence-electron chi connectivity index (χ4n) is 2.91. The molecule has 1 N–H and O–H groups in total. The maximum atomic E-state index is 3.56. The highest BCUT2D eigenvalue weighted by molar-refractivity contribution is 4.92. The average molecular weight is 210 g/mol. The largest absolute Gasteiger partial charge is 0.315 e. The Morgan fingerprint density at radius 2 is 1.87 bits per heavy atom. The molecule has 0 aromatic rings. The van der Waals surface area contributed by atoms with Crippen molar-refractivity contribution in [2.45, 2.75) is 58.5 Å². The summed E-state index contributed by atoms with van der Waals surface area (Å²) < 4.78 is 0. The van der Waals surface area contributed by atoms with Gasteiger partial charge in [-0.05, 0) is 44.2 Å². The number of nitrogens with zero attached hydrogens (tertiary/aromatic N) is 1. The number of hydrogen-bond donors (Lipinski definition) is 1. The van der Waals surface area contributed by atoms with Crippen LogP contribution in [0.1, 0.15) is 46.5 Å². The Kier molecular flexibility index (Phi) is 3.36. The third-order valence-electron chi connectivity index (χ3n) is 3.93. The molecule has 0 aromatic heterocycles. The molecule has 0 amide bonds. The van der Waals surface area contributed by atoms with Gasteiger partial charge in [0.15, 0.2) is 0 Å². The third kappa shape index (κ3) is 2.94. The van der Waals surface area contributed by atoms with Gasteiger partial charge in [0.25, 0.3) is 0 Å². The van der Waals surface area contributed by atoms with Crippen LogP contribution in [0.5, 0.6) is 0 Å². The number of fused-ring (bicyclic) bond motifs is 2. The van der Waals surface area contributed by atoms with Gasteiger partial charge in [0.1, 0.15) is 0 Å². The van der Waals surface area contributed by atoms with Gasteiger partial charge in [0.05, 0.1) is 0 Å². The molecule has 2 saturated heterocycles. The second-order valence-corrected chi connectivity index (χ2v) is 6.43. The van der Waals surface area contributed by atoms with Crippen molar-refractivity contribution < 1.29 is 0 Å². The molecule has 88 valence electrons. The minimum atomic E-state index is 0.485. The van der Waals surface area contributed by atoms with Crippen LogP contribution in [-0.4, -0.2) is 36.6 Å². The van der Waals surface area contributed by atoms with Crippen LogP contribution >= 0.6 is 0 Å². The quantitative estimate of drug-likeness (QED) is 0.752. The second kappa shape index (κ2) is 4.42. The topological polar surface area (TPSA) is 15.3 Å². The smallest absolute Gasteiger partial charge is 0.0224 e. The van der Waals surface area contributed by atoms with Gasteiger partial charge in [-0.3, -0.25) is 4.90 Å². The lowest BCUT2D eigenvalue weighted by Crippen LogP contribution is -2.39. The summed E-state index contributed by atoms with van der Waals surface area (Å²) in [7, 11) is 0. The minimum absolute atomic E-state index is 0.485. The zero-order chi connectivity index (χ0) is 10.9. The van der Waals surface area contributed by atoms with Crippen LogP contribution in [0, 0.1) is 5.41 Å². The lowest BCUT2D eigenvalue weighted by atomic mass is 9.92. The lowest BCUT2D eigenvalue weighted by molar-refractivity contribution is 0.173. The van der Waals surface area contributed by atoms with Crippen molar-refractivity contribution in [1.29, 1.82) is 0 Å². The molecule has 2 fully saturated rings. The maximum absolute atomic E-state index is 3.56. The van der Waals surface area contributed by atoms with Crippen molar-refractivity contribution in [2.75, 3.05) is 19.6 Å². The maximum Gasteiger partial charge on any atom is 0.0224 e. The molecule has 2 heterocycles. The Bertz CT molecular complexity index is 193. The predicted octanol–water partition coefficient (Wildman–Crippen LogP) is 2.25. The number of hydrogen-bond acceptors (Lipinski definition) is 2. The van der Waals surface area contributed by atoms with Crippen molar-refractivity contribution in [1.82, 2.24) is 10.2 Å². The van der Waals surface area contributed by atoms with Crippen LogP contribution in [0.15, 0.2) is 0 Å². The minimum Gasteiger partial charge on any atom is -0.315 e. The van der Waals surface area contributed by atoms with Crippen molar-refractivity contribution in [3.8, 4) is 0 Å². The fraction of sp³-hybridized carbons (Fsp3) is 1.00. The monoisotopic (exact) mass is 210 g/mol. The van der Waals surface area contributed by atoms with Gasteiger partial charge in [-0.25, -0.2) is 0 Å². The molecule has 15 heavy (non-hydrogen) atoms. The zero-order valence-corrected chi connectivity index (χ0v) is 10.6. The van der Waals surface area contributed by atoms with E-state index in [4.69, 9.17) is 0 Å². The summed E-state index contributed by atoms with van der Waals surface area (Å²) in [5, 5.41) is 3.56. The van der Waals surface area contributed by atoms with E-state index in [0.717, 1.165) is 12.1 Å². The predicted molar refractivity (Wildman–Crippen MR) is 65.1 cm³/mol. The van der Waals surface area contributed by atoms with E-state index in [0.29, 0.717) is 5.41 Å². The summed E-state index contributed by atoms with van der Waals surface area (Å²) in [6.07, 6.45) is 5.55. The van der Waals surface area contributed by atoms with Gasteiger partial charge in [0.2, 0.25) is 0 Å². The summed E-state index contributed by atoms with van der Waals surface area (Å²) in [6.45, 7) is 10.8. The van der Waals surface area contributed by atoms with Crippen molar-refractivity contribution >= 4 is 0 Å². The van der Waals surface area contributed by atoms with Crippen LogP contribution in [0.25, 0.3) is 0 Å². The zero-order valence-electron chi connectivity index (χ0n) is 10.6. The first-order chi connectivity index (χ1) is 7.06. The molecule has 2 bridgehead atoms. The van der Waals surface area contributed by atoms with Crippen LogP contribution in [0.2, 0.25) is 0 Å². The SMILES string of the molecule is CC(C)(C)CCN1C2CCNCC1CC2. The van der Waals surface area contributed by atoms with Crippen LogP contribution in [0.4, 0.5) is 0 Å². The van der Waals surface area contributed by atoms with Gasteiger partial charge >= 0.3 is 0 Å². The van der Waals surface area contributed by atoms with Crippen LogP contribution in [-0.2, 0) is 0 Å². The summed E-state index contributed by atoms with van der Waals surface area (Å²) in [4.78, 5) is 2.78. The molecule has 2 aliphatic rings. The molecule has 2 unspecified atom stereocenters. The summed E-state index contributed by atoms with van der Waals surface area (Å²) >= 11 is 0. The molecule has 0 radical (unpaired) electrons. The number of rotatable bonds is 2. The highest BCUT2D eigenvalue weighted by Crippen LogP contribution is 2.30. The first-order valence-corrected chi connectivity index (χ1v) is 6.53. The van der Waals surface area contributed by atoms with Gasteiger partial charge in [-0.15, -0.1) is 0 Å². The summed E-state index contributed by atoms with van der Waals surface area (Å²) in [5.41, 5.74) is 0.485. The molecule has 2 aliphatic heterocycles. The van der Waals surface area contributed by atoms with E-state index < -0.39 is 0 Å². The molecule has 0 spiro atoms. The van der Waals surface area contributed by atoms with E-state index in [1.807, 2.05) is 0 Å². The van der Waals surface area contributed by atoms with Crippen molar-refractivity contribution in [3.05, 3.63) is 0 Å². The molecule has 0 saturated carbocycles. The van der Waals surface area contributed by atoms with E-state index in [1.54, 1.807) is 0 Å². The lowest BCUT2D eigenvalue weighted by Gasteiger charge is -2.30. The highest BCUT2D eigenvalue weighted by atomic mass is 15.2. The Hall–Kier alpha value is -0.0800. The van der Waals surface area contributed by atoms with Crippen molar-refractivity contribution in [3.63, 3.8) is 0 Å². The Labute approximate surface area is 94.4 Å².